The van der Waals surface area contributed by atoms with E-state index in [0.717, 1.165) is 59.8 Å². The molecule has 0 aliphatic carbocycles. The maximum atomic E-state index is 11.8. The normalized spacial score (nSPS) is 11.3. The Morgan fingerprint density at radius 1 is 0.925 bits per heavy atom. The van der Waals surface area contributed by atoms with E-state index in [-0.39, 0.29) is 5.78 Å². The molecule has 194 valence electrons. The summed E-state index contributed by atoms with van der Waals surface area (Å²) in [6.07, 6.45) is 7.11. The molecule has 0 aliphatic rings. The van der Waals surface area contributed by atoms with Crippen molar-refractivity contribution in [3.05, 3.63) is 102 Å². The van der Waals surface area contributed by atoms with E-state index < -0.39 is 0 Å². The fraction of sp³-hybridized carbons (Fsp3) is 0.0645. The zero-order valence-electron chi connectivity index (χ0n) is 21.4. The summed E-state index contributed by atoms with van der Waals surface area (Å²) in [4.78, 5) is 30.8. The summed E-state index contributed by atoms with van der Waals surface area (Å²) in [5.74, 6) is 0.729. The Morgan fingerprint density at radius 3 is 2.65 bits per heavy atom. The van der Waals surface area contributed by atoms with Gasteiger partial charge in [0.15, 0.2) is 5.78 Å². The molecule has 0 bridgehead atoms. The van der Waals surface area contributed by atoms with Gasteiger partial charge in [-0.25, -0.2) is 4.98 Å². The second-order valence-corrected chi connectivity index (χ2v) is 10.5. The highest BCUT2D eigenvalue weighted by Gasteiger charge is 2.17. The lowest BCUT2D eigenvalue weighted by molar-refractivity contribution is 0.102. The topological polar surface area (TPSA) is 109 Å². The van der Waals surface area contributed by atoms with Crippen LogP contribution in [0.15, 0.2) is 91.5 Å². The molecule has 0 amide bonds. The molecule has 2 N–H and O–H groups in total. The number of carbonyl (C=O) groups excluding carboxylic acids is 1. The van der Waals surface area contributed by atoms with Gasteiger partial charge in [0.25, 0.3) is 0 Å². The van der Waals surface area contributed by atoms with Crippen molar-refractivity contribution in [3.63, 3.8) is 0 Å². The van der Waals surface area contributed by atoms with Crippen molar-refractivity contribution in [1.29, 1.82) is 0 Å². The molecule has 40 heavy (non-hydrogen) atoms. The number of benzene rings is 1. The number of pyridine rings is 3. The second kappa shape index (κ2) is 9.87. The molecule has 0 saturated carbocycles. The number of aromatic amines is 2. The minimum absolute atomic E-state index is 0.0551. The molecule has 6 aromatic heterocycles. The summed E-state index contributed by atoms with van der Waals surface area (Å²) >= 11 is 1.47. The lowest BCUT2D eigenvalue weighted by Crippen LogP contribution is -1.96. The van der Waals surface area contributed by atoms with E-state index in [9.17, 15) is 4.79 Å². The van der Waals surface area contributed by atoms with E-state index in [1.807, 2.05) is 66.9 Å². The molecule has 0 spiro atoms. The van der Waals surface area contributed by atoms with Gasteiger partial charge in [-0.15, -0.1) is 11.3 Å². The number of rotatable bonds is 7. The lowest BCUT2D eigenvalue weighted by Gasteiger charge is -2.08. The van der Waals surface area contributed by atoms with Gasteiger partial charge in [-0.05, 0) is 48.9 Å². The van der Waals surface area contributed by atoms with E-state index in [2.05, 4.69) is 31.2 Å². The smallest absolute Gasteiger partial charge is 0.169 e. The number of nitrogens with one attached hydrogen (secondary N) is 2. The van der Waals surface area contributed by atoms with Crippen LogP contribution in [0.5, 0.6) is 5.75 Å². The summed E-state index contributed by atoms with van der Waals surface area (Å²) in [5.41, 5.74) is 7.64. The van der Waals surface area contributed by atoms with Crippen molar-refractivity contribution < 1.29 is 9.53 Å². The zero-order valence-corrected chi connectivity index (χ0v) is 22.2. The number of thiophene rings is 1. The summed E-state index contributed by atoms with van der Waals surface area (Å²) in [6, 6.07) is 21.8. The highest BCUT2D eigenvalue weighted by Crippen LogP contribution is 2.36. The number of Topliss-reactive ketones (excluding diaryl/α,β-unsaturated/α-hetero) is 1. The number of H-pyrrole nitrogens is 2. The number of ketones is 1. The van der Waals surface area contributed by atoms with Gasteiger partial charge in [-0.3, -0.25) is 19.9 Å². The Kier molecular flexibility index (Phi) is 5.90. The highest BCUT2D eigenvalue weighted by atomic mass is 32.1. The quantitative estimate of drug-likeness (QED) is 0.208. The van der Waals surface area contributed by atoms with Crippen LogP contribution in [-0.4, -0.2) is 35.9 Å². The Morgan fingerprint density at radius 2 is 1.80 bits per heavy atom. The predicted molar refractivity (Wildman–Crippen MR) is 156 cm³/mol. The molecule has 9 heteroatoms. The molecule has 0 saturated heterocycles. The summed E-state index contributed by atoms with van der Waals surface area (Å²) in [7, 11) is 0. The molecule has 0 unspecified atom stereocenters. The standard InChI is InChI=1S/C31H22N6O2S/c1-18(38)28-9-10-29(40-28)23-15-33-16-27-22(23)12-26(34-27)31-30-25(36-37-31)8-7-24(35-30)20-11-21(14-32-13-20)39-17-19-5-3-2-4-6-19/h2-16,34H,17H2,1H3,(H,36,37). The van der Waals surface area contributed by atoms with E-state index in [1.54, 1.807) is 25.5 Å². The van der Waals surface area contributed by atoms with Crippen LogP contribution in [0.3, 0.4) is 0 Å². The lowest BCUT2D eigenvalue weighted by atomic mass is 10.1. The van der Waals surface area contributed by atoms with Gasteiger partial charge in [0.05, 0.1) is 39.7 Å². The van der Waals surface area contributed by atoms with Gasteiger partial charge in [-0.1, -0.05) is 30.3 Å². The van der Waals surface area contributed by atoms with Crippen LogP contribution in [0.2, 0.25) is 0 Å². The predicted octanol–water partition coefficient (Wildman–Crippen LogP) is 7.07. The average Bonchev–Trinajstić information content (AvgIpc) is 3.74. The first kappa shape index (κ1) is 23.9. The van der Waals surface area contributed by atoms with Crippen LogP contribution in [-0.2, 0) is 6.61 Å². The fourth-order valence-electron chi connectivity index (χ4n) is 4.67. The summed E-state index contributed by atoms with van der Waals surface area (Å²) < 4.78 is 5.98. The molecular weight excluding hydrogens is 520 g/mol. The monoisotopic (exact) mass is 542 g/mol. The molecule has 0 fully saturated rings. The second-order valence-electron chi connectivity index (χ2n) is 9.40. The average molecular weight is 543 g/mol. The number of ether oxygens (including phenoxy) is 1. The Bertz CT molecular complexity index is 2010. The first-order valence-electron chi connectivity index (χ1n) is 12.7. The Balaban J connectivity index is 1.23. The summed E-state index contributed by atoms with van der Waals surface area (Å²) in [5, 5.41) is 8.68. The molecule has 7 rings (SSSR count). The van der Waals surface area contributed by atoms with Crippen LogP contribution in [0.4, 0.5) is 0 Å². The number of fused-ring (bicyclic) bond motifs is 2. The molecule has 0 atom stereocenters. The van der Waals surface area contributed by atoms with Crippen molar-refractivity contribution in [3.8, 4) is 38.8 Å². The van der Waals surface area contributed by atoms with Crippen LogP contribution in [0.25, 0.3) is 55.0 Å². The third-order valence-corrected chi connectivity index (χ3v) is 7.90. The molecule has 0 aliphatic heterocycles. The minimum atomic E-state index is 0.0551. The van der Waals surface area contributed by atoms with Gasteiger partial charge >= 0.3 is 0 Å². The van der Waals surface area contributed by atoms with E-state index in [4.69, 9.17) is 9.72 Å². The van der Waals surface area contributed by atoms with Gasteiger partial charge < -0.3 is 9.72 Å². The van der Waals surface area contributed by atoms with Crippen molar-refractivity contribution in [2.45, 2.75) is 13.5 Å². The third-order valence-electron chi connectivity index (χ3n) is 6.68. The number of aromatic nitrogens is 6. The van der Waals surface area contributed by atoms with Crippen molar-refractivity contribution in [2.24, 2.45) is 0 Å². The molecule has 6 heterocycles. The zero-order chi connectivity index (χ0) is 27.1. The van der Waals surface area contributed by atoms with Crippen LogP contribution in [0, 0.1) is 0 Å². The van der Waals surface area contributed by atoms with E-state index >= 15 is 0 Å². The first-order chi connectivity index (χ1) is 19.6. The fourth-order valence-corrected chi connectivity index (χ4v) is 5.60. The highest BCUT2D eigenvalue weighted by molar-refractivity contribution is 7.17. The minimum Gasteiger partial charge on any atom is -0.487 e. The molecule has 7 aromatic rings. The van der Waals surface area contributed by atoms with E-state index in [0.29, 0.717) is 18.1 Å². The number of hydrogen-bond donors (Lipinski definition) is 2. The molecule has 8 nitrogen and oxygen atoms in total. The number of carbonyl (C=O) groups is 1. The maximum absolute atomic E-state index is 11.8. The Labute approximate surface area is 232 Å². The summed E-state index contributed by atoms with van der Waals surface area (Å²) in [6.45, 7) is 2.04. The number of nitrogens with zero attached hydrogens (tertiary/aromatic N) is 4. The maximum Gasteiger partial charge on any atom is 0.169 e. The van der Waals surface area contributed by atoms with Gasteiger partial charge in [0.1, 0.15) is 23.6 Å². The number of hydrogen-bond acceptors (Lipinski definition) is 7. The largest absolute Gasteiger partial charge is 0.487 e. The van der Waals surface area contributed by atoms with Crippen molar-refractivity contribution >= 4 is 39.1 Å². The van der Waals surface area contributed by atoms with Crippen LogP contribution in [0.1, 0.15) is 22.2 Å². The first-order valence-corrected chi connectivity index (χ1v) is 13.5. The Hall–Kier alpha value is -5.15. The van der Waals surface area contributed by atoms with E-state index in [1.165, 1.54) is 11.3 Å². The molecular formula is C31H22N6O2S. The SMILES string of the molecule is CC(=O)c1ccc(-c2cncc3[nH]c(-c4n[nH]c5ccc(-c6cncc(OCc7ccccc7)c6)nc45)cc23)s1. The molecule has 1 aromatic carbocycles. The van der Waals surface area contributed by atoms with Gasteiger partial charge in [-0.2, -0.15) is 5.10 Å². The van der Waals surface area contributed by atoms with Gasteiger partial charge in [0.2, 0.25) is 0 Å². The van der Waals surface area contributed by atoms with Crippen molar-refractivity contribution in [2.75, 3.05) is 0 Å². The molecule has 0 radical (unpaired) electrons. The third kappa shape index (κ3) is 4.42. The van der Waals surface area contributed by atoms with Crippen LogP contribution < -0.4 is 4.74 Å². The van der Waals surface area contributed by atoms with Crippen LogP contribution >= 0.6 is 11.3 Å². The van der Waals surface area contributed by atoms with Gasteiger partial charge in [0, 0.05) is 33.8 Å². The van der Waals surface area contributed by atoms with Crippen molar-refractivity contribution in [1.82, 2.24) is 30.1 Å².